The Labute approximate surface area is 156 Å². The Hall–Kier alpha value is -1.32. The third-order valence-electron chi connectivity index (χ3n) is 4.17. The number of anilines is 1. The molecule has 26 heavy (non-hydrogen) atoms. The Morgan fingerprint density at radius 3 is 2.62 bits per heavy atom. The van der Waals surface area contributed by atoms with Gasteiger partial charge in [0.1, 0.15) is 10.6 Å². The first-order valence-corrected chi connectivity index (χ1v) is 12.0. The van der Waals surface area contributed by atoms with E-state index in [4.69, 9.17) is 4.74 Å². The molecule has 1 heterocycles. The van der Waals surface area contributed by atoms with Crippen LogP contribution in [0.4, 0.5) is 5.69 Å². The van der Waals surface area contributed by atoms with Gasteiger partial charge in [0.2, 0.25) is 20.0 Å². The van der Waals surface area contributed by atoms with Gasteiger partial charge in [-0.15, -0.1) is 0 Å². The highest BCUT2D eigenvalue weighted by Crippen LogP contribution is 2.32. The number of nitrogens with zero attached hydrogens (tertiary/aromatic N) is 1. The molecule has 0 atom stereocenters. The number of hydrogen-bond acceptors (Lipinski definition) is 5. The van der Waals surface area contributed by atoms with E-state index in [-0.39, 0.29) is 16.4 Å². The van der Waals surface area contributed by atoms with Gasteiger partial charge in [0.25, 0.3) is 0 Å². The highest BCUT2D eigenvalue weighted by atomic mass is 32.2. The lowest BCUT2D eigenvalue weighted by Gasteiger charge is -2.28. The van der Waals surface area contributed by atoms with Crippen molar-refractivity contribution in [3.8, 4) is 5.75 Å². The van der Waals surface area contributed by atoms with E-state index < -0.39 is 20.0 Å². The molecule has 1 aliphatic heterocycles. The SMILES string of the molecule is CCOc1ccc(N2CCCCS2(=O)=O)cc1S(=O)(=O)NCCC(C)C. The second-order valence-corrected chi connectivity index (χ2v) is 10.5. The van der Waals surface area contributed by atoms with E-state index in [9.17, 15) is 16.8 Å². The summed E-state index contributed by atoms with van der Waals surface area (Å²) in [7, 11) is -7.22. The summed E-state index contributed by atoms with van der Waals surface area (Å²) in [5, 5.41) is 0. The average Bonchev–Trinajstić information content (AvgIpc) is 2.54. The van der Waals surface area contributed by atoms with Crippen LogP contribution in [0.15, 0.2) is 23.1 Å². The number of rotatable bonds is 8. The fourth-order valence-corrected chi connectivity index (χ4v) is 5.62. The standard InChI is InChI=1S/C17H28N2O5S2/c1-4-24-16-8-7-15(19-11-5-6-12-25(19,20)21)13-17(16)26(22,23)18-10-9-14(2)3/h7-8,13-14,18H,4-6,9-12H2,1-3H3. The lowest BCUT2D eigenvalue weighted by molar-refractivity contribution is 0.331. The van der Waals surface area contributed by atoms with E-state index >= 15 is 0 Å². The fourth-order valence-electron chi connectivity index (χ4n) is 2.78. The van der Waals surface area contributed by atoms with Crippen LogP contribution in [0, 0.1) is 5.92 Å². The lowest BCUT2D eigenvalue weighted by atomic mass is 10.1. The summed E-state index contributed by atoms with van der Waals surface area (Å²) in [6.45, 7) is 6.79. The molecule has 1 N–H and O–H groups in total. The molecule has 148 valence electrons. The third-order valence-corrected chi connectivity index (χ3v) is 7.52. The van der Waals surface area contributed by atoms with E-state index in [1.54, 1.807) is 13.0 Å². The van der Waals surface area contributed by atoms with Gasteiger partial charge in [0, 0.05) is 13.1 Å². The molecule has 9 heteroatoms. The summed E-state index contributed by atoms with van der Waals surface area (Å²) in [5.41, 5.74) is 0.359. The number of sulfonamides is 2. The highest BCUT2D eigenvalue weighted by molar-refractivity contribution is 7.92. The molecule has 0 spiro atoms. The Balaban J connectivity index is 2.39. The number of nitrogens with one attached hydrogen (secondary N) is 1. The van der Waals surface area contributed by atoms with Gasteiger partial charge in [0.05, 0.1) is 18.0 Å². The second kappa shape index (κ2) is 8.58. The van der Waals surface area contributed by atoms with Crippen LogP contribution in [0.3, 0.4) is 0 Å². The van der Waals surface area contributed by atoms with Crippen molar-refractivity contribution in [1.82, 2.24) is 4.72 Å². The molecule has 1 fully saturated rings. The van der Waals surface area contributed by atoms with Gasteiger partial charge in [0.15, 0.2) is 0 Å². The first kappa shape index (κ1) is 21.0. The fraction of sp³-hybridized carbons (Fsp3) is 0.647. The maximum atomic E-state index is 12.7. The molecule has 0 saturated carbocycles. The van der Waals surface area contributed by atoms with Crippen LogP contribution >= 0.6 is 0 Å². The topological polar surface area (TPSA) is 92.8 Å². The zero-order valence-electron chi connectivity index (χ0n) is 15.6. The molecule has 0 bridgehead atoms. The van der Waals surface area contributed by atoms with Crippen LogP contribution in [0.25, 0.3) is 0 Å². The summed E-state index contributed by atoms with van der Waals surface area (Å²) in [6.07, 6.45) is 2.09. The van der Waals surface area contributed by atoms with Gasteiger partial charge < -0.3 is 4.74 Å². The minimum Gasteiger partial charge on any atom is -0.492 e. The summed E-state index contributed by atoms with van der Waals surface area (Å²) in [4.78, 5) is -0.0265. The Morgan fingerprint density at radius 2 is 2.00 bits per heavy atom. The first-order chi connectivity index (χ1) is 12.2. The molecule has 0 radical (unpaired) electrons. The molecule has 7 nitrogen and oxygen atoms in total. The molecule has 1 aromatic rings. The number of hydrogen-bond donors (Lipinski definition) is 1. The van der Waals surface area contributed by atoms with E-state index in [1.807, 2.05) is 13.8 Å². The molecule has 1 aliphatic rings. The van der Waals surface area contributed by atoms with Crippen LogP contribution in [0.1, 0.15) is 40.0 Å². The van der Waals surface area contributed by atoms with Gasteiger partial charge in [-0.25, -0.2) is 21.6 Å². The van der Waals surface area contributed by atoms with Crippen molar-refractivity contribution in [3.05, 3.63) is 18.2 Å². The van der Waals surface area contributed by atoms with Gasteiger partial charge >= 0.3 is 0 Å². The van der Waals surface area contributed by atoms with Crippen molar-refractivity contribution in [2.24, 2.45) is 5.92 Å². The highest BCUT2D eigenvalue weighted by Gasteiger charge is 2.28. The van der Waals surface area contributed by atoms with E-state index in [0.717, 1.165) is 6.42 Å². The smallest absolute Gasteiger partial charge is 0.244 e. The molecule has 1 saturated heterocycles. The Bertz CT molecular complexity index is 820. The van der Waals surface area contributed by atoms with E-state index in [2.05, 4.69) is 4.72 Å². The van der Waals surface area contributed by atoms with Gasteiger partial charge in [-0.1, -0.05) is 13.8 Å². The van der Waals surface area contributed by atoms with Gasteiger partial charge in [-0.05, 0) is 50.3 Å². The molecule has 0 unspecified atom stereocenters. The molecular formula is C17H28N2O5S2. The number of benzene rings is 1. The van der Waals surface area contributed by atoms with Crippen LogP contribution in [-0.4, -0.2) is 42.3 Å². The summed E-state index contributed by atoms with van der Waals surface area (Å²) < 4.78 is 59.5. The molecule has 0 aliphatic carbocycles. The summed E-state index contributed by atoms with van der Waals surface area (Å²) in [6, 6.07) is 4.52. The molecular weight excluding hydrogens is 376 g/mol. The van der Waals surface area contributed by atoms with Crippen molar-refractivity contribution in [1.29, 1.82) is 0 Å². The summed E-state index contributed by atoms with van der Waals surface area (Å²) in [5.74, 6) is 0.672. The predicted molar refractivity (Wildman–Crippen MR) is 103 cm³/mol. The van der Waals surface area contributed by atoms with Crippen molar-refractivity contribution >= 4 is 25.7 Å². The van der Waals surface area contributed by atoms with Crippen LogP contribution in [0.2, 0.25) is 0 Å². The zero-order chi connectivity index (χ0) is 19.4. The van der Waals surface area contributed by atoms with Gasteiger partial charge in [-0.2, -0.15) is 0 Å². The van der Waals surface area contributed by atoms with Crippen molar-refractivity contribution in [2.75, 3.05) is 29.8 Å². The third kappa shape index (κ3) is 5.11. The van der Waals surface area contributed by atoms with Crippen LogP contribution < -0.4 is 13.8 Å². The number of ether oxygens (including phenoxy) is 1. The predicted octanol–water partition coefficient (Wildman–Crippen LogP) is 2.34. The Morgan fingerprint density at radius 1 is 1.27 bits per heavy atom. The second-order valence-electron chi connectivity index (χ2n) is 6.74. The zero-order valence-corrected chi connectivity index (χ0v) is 17.2. The largest absolute Gasteiger partial charge is 0.492 e. The van der Waals surface area contributed by atoms with Gasteiger partial charge in [-0.3, -0.25) is 4.31 Å². The normalized spacial score (nSPS) is 17.5. The van der Waals surface area contributed by atoms with E-state index in [1.165, 1.54) is 16.4 Å². The molecule has 0 aromatic heterocycles. The Kier molecular flexibility index (Phi) is 6.92. The van der Waals surface area contributed by atoms with Crippen LogP contribution in [0.5, 0.6) is 5.75 Å². The molecule has 2 rings (SSSR count). The van der Waals surface area contributed by atoms with Crippen molar-refractivity contribution < 1.29 is 21.6 Å². The van der Waals surface area contributed by atoms with Crippen molar-refractivity contribution in [3.63, 3.8) is 0 Å². The lowest BCUT2D eigenvalue weighted by Crippen LogP contribution is -2.38. The minimum absolute atomic E-state index is 0.0265. The maximum absolute atomic E-state index is 12.7. The maximum Gasteiger partial charge on any atom is 0.244 e. The van der Waals surface area contributed by atoms with Crippen LogP contribution in [-0.2, 0) is 20.0 Å². The molecule has 0 amide bonds. The average molecular weight is 405 g/mol. The first-order valence-electron chi connectivity index (χ1n) is 8.94. The summed E-state index contributed by atoms with van der Waals surface area (Å²) >= 11 is 0. The monoisotopic (exact) mass is 404 g/mol. The minimum atomic E-state index is -3.80. The quantitative estimate of drug-likeness (QED) is 0.718. The van der Waals surface area contributed by atoms with Crippen molar-refractivity contribution in [2.45, 2.75) is 44.9 Å². The molecule has 1 aromatic carbocycles. The van der Waals surface area contributed by atoms with E-state index in [0.29, 0.717) is 44.1 Å².